The second-order valence-electron chi connectivity index (χ2n) is 19.2. The van der Waals surface area contributed by atoms with Crippen LogP contribution in [0.3, 0.4) is 0 Å². The first-order valence-corrected chi connectivity index (χ1v) is 20.3. The van der Waals surface area contributed by atoms with Crippen molar-refractivity contribution in [1.82, 2.24) is 4.98 Å². The summed E-state index contributed by atoms with van der Waals surface area (Å²) in [5.41, 5.74) is 7.26. The number of pyridine rings is 1. The second kappa shape index (κ2) is 16.4. The molecule has 0 aliphatic heterocycles. The van der Waals surface area contributed by atoms with Crippen molar-refractivity contribution in [3.05, 3.63) is 145 Å². The number of aryl methyl sites for hydroxylation is 2. The molecule has 0 N–H and O–H groups in total. The highest BCUT2D eigenvalue weighted by molar-refractivity contribution is 6.30. The number of nitrogens with zero attached hydrogens (tertiary/aromatic N) is 5. The summed E-state index contributed by atoms with van der Waals surface area (Å²) in [6, 6.07) is 16.3. The van der Waals surface area contributed by atoms with E-state index in [2.05, 4.69) is 16.3 Å². The predicted molar refractivity (Wildman–Crippen MR) is 240 cm³/mol. The normalized spacial score (nSPS) is 15.9. The van der Waals surface area contributed by atoms with Gasteiger partial charge in [0.25, 0.3) is 0 Å². The van der Waals surface area contributed by atoms with Crippen LogP contribution < -0.4 is 0 Å². The molecule has 58 heavy (non-hydrogen) atoms. The van der Waals surface area contributed by atoms with Gasteiger partial charge in [0.2, 0.25) is 0 Å². The van der Waals surface area contributed by atoms with Gasteiger partial charge in [-0.2, -0.15) is 10.2 Å². The first-order chi connectivity index (χ1) is 26.8. The van der Waals surface area contributed by atoms with Gasteiger partial charge in [-0.1, -0.05) is 112 Å². The molecule has 9 heteroatoms. The Morgan fingerprint density at radius 1 is 0.483 bits per heavy atom. The van der Waals surface area contributed by atoms with Crippen LogP contribution in [0.5, 0.6) is 0 Å². The smallest absolute Gasteiger partial charge is 0.186 e. The maximum atomic E-state index is 14.1. The molecule has 7 nitrogen and oxygen atoms in total. The fourth-order valence-corrected chi connectivity index (χ4v) is 6.96. The van der Waals surface area contributed by atoms with Crippen LogP contribution in [-0.2, 0) is 9.59 Å². The zero-order chi connectivity index (χ0) is 43.1. The van der Waals surface area contributed by atoms with Crippen molar-refractivity contribution in [2.45, 2.75) is 96.9 Å². The van der Waals surface area contributed by atoms with Gasteiger partial charge in [0.05, 0.1) is 22.8 Å². The molecule has 0 saturated heterocycles. The maximum Gasteiger partial charge on any atom is 0.186 e. The van der Waals surface area contributed by atoms with Crippen molar-refractivity contribution in [1.29, 1.82) is 0 Å². The van der Waals surface area contributed by atoms with E-state index < -0.39 is 21.7 Å². The maximum absolute atomic E-state index is 14.1. The summed E-state index contributed by atoms with van der Waals surface area (Å²) >= 11 is 12.4. The van der Waals surface area contributed by atoms with Crippen molar-refractivity contribution in [2.75, 3.05) is 0 Å². The van der Waals surface area contributed by atoms with Gasteiger partial charge in [0.15, 0.2) is 11.6 Å². The standard InChI is InChI=1S/C49H55Cl2N5O2/c1-28-23-29(2)41(43(56-54-35-21-17-33(51)18-22-35)31-26-38(48(9,10)11)45(58)39(27-31)49(12,13)14)52-40(28)42(55-53-34-19-15-32(50)16-20-34)30-24-36(46(3,4)5)44(57)37(25-30)47(6,7)8/h15-27H,1-14H3. The topological polar surface area (TPSA) is 96.5 Å². The number of hydrogen-bond acceptors (Lipinski definition) is 7. The number of carbonyl (C=O) groups excluding carboxylic acids is 2. The van der Waals surface area contributed by atoms with Gasteiger partial charge >= 0.3 is 0 Å². The molecule has 0 bridgehead atoms. The van der Waals surface area contributed by atoms with E-state index in [-0.39, 0.29) is 11.6 Å². The van der Waals surface area contributed by atoms with E-state index in [9.17, 15) is 9.59 Å². The Labute approximate surface area is 354 Å². The Kier molecular flexibility index (Phi) is 12.5. The van der Waals surface area contributed by atoms with Crippen LogP contribution in [-0.4, -0.2) is 16.6 Å². The van der Waals surface area contributed by atoms with Crippen LogP contribution in [0.15, 0.2) is 133 Å². The number of azo groups is 2. The van der Waals surface area contributed by atoms with Gasteiger partial charge in [0, 0.05) is 43.5 Å². The fourth-order valence-electron chi connectivity index (χ4n) is 6.70. The lowest BCUT2D eigenvalue weighted by Gasteiger charge is -2.32. The van der Waals surface area contributed by atoms with Gasteiger partial charge < -0.3 is 0 Å². The number of hydrogen-bond donors (Lipinski definition) is 0. The van der Waals surface area contributed by atoms with Gasteiger partial charge in [-0.15, -0.1) is 10.2 Å². The molecule has 0 spiro atoms. The third kappa shape index (κ3) is 10.0. The molecular formula is C49H55Cl2N5O2. The number of aromatic nitrogens is 1. The molecule has 1 aromatic heterocycles. The summed E-state index contributed by atoms with van der Waals surface area (Å²) in [7, 11) is 0. The van der Waals surface area contributed by atoms with Crippen LogP contribution in [0.4, 0.5) is 11.4 Å². The monoisotopic (exact) mass is 815 g/mol. The number of ketones is 2. The SMILES string of the molecule is Cc1cc(C)c(C(N=Nc2ccc(Cl)cc2)=C2C=C(C(C)(C)C)C(=O)C(C(C)(C)C)=C2)nc1C(N=Nc1ccc(Cl)cc1)=C1C=C(C(C)(C)C)C(=O)C(C(C)(C)C)=C1. The average molecular weight is 817 g/mol. The lowest BCUT2D eigenvalue weighted by Crippen LogP contribution is -2.28. The molecule has 2 aliphatic carbocycles. The minimum atomic E-state index is -0.460. The van der Waals surface area contributed by atoms with E-state index in [1.54, 1.807) is 48.5 Å². The Morgan fingerprint density at radius 3 is 1.02 bits per heavy atom. The van der Waals surface area contributed by atoms with Crippen molar-refractivity contribution in [2.24, 2.45) is 42.1 Å². The average Bonchev–Trinajstić information content (AvgIpc) is 3.10. The van der Waals surface area contributed by atoms with Crippen LogP contribution >= 0.6 is 23.2 Å². The van der Waals surface area contributed by atoms with E-state index in [1.807, 2.05) is 121 Å². The van der Waals surface area contributed by atoms with E-state index in [4.69, 9.17) is 38.4 Å². The molecule has 0 atom stereocenters. The number of carbonyl (C=O) groups is 2. The third-order valence-corrected chi connectivity index (χ3v) is 10.5. The zero-order valence-corrected chi connectivity index (χ0v) is 37.8. The van der Waals surface area contributed by atoms with Crippen molar-refractivity contribution < 1.29 is 9.59 Å². The first kappa shape index (κ1) is 44.3. The van der Waals surface area contributed by atoms with E-state index in [0.29, 0.717) is 77.6 Å². The lowest BCUT2D eigenvalue weighted by molar-refractivity contribution is -0.114. The highest BCUT2D eigenvalue weighted by Gasteiger charge is 2.37. The number of Topliss-reactive ketones (excluding diaryl/α,β-unsaturated/α-hetero) is 2. The fraction of sp³-hybridized carbons (Fsp3) is 0.367. The largest absolute Gasteiger partial charge is 0.289 e. The molecule has 302 valence electrons. The molecule has 0 amide bonds. The van der Waals surface area contributed by atoms with Crippen LogP contribution in [0, 0.1) is 35.5 Å². The number of halogens is 2. The quantitative estimate of drug-likeness (QED) is 0.232. The van der Waals surface area contributed by atoms with Crippen LogP contribution in [0.2, 0.25) is 10.0 Å². The number of allylic oxidation sites excluding steroid dienone is 10. The van der Waals surface area contributed by atoms with Gasteiger partial charge in [0.1, 0.15) is 11.4 Å². The zero-order valence-electron chi connectivity index (χ0n) is 36.3. The molecular weight excluding hydrogens is 761 g/mol. The first-order valence-electron chi connectivity index (χ1n) is 19.6. The van der Waals surface area contributed by atoms with E-state index >= 15 is 0 Å². The highest BCUT2D eigenvalue weighted by atomic mass is 35.5. The Hall–Kier alpha value is -4.85. The summed E-state index contributed by atoms with van der Waals surface area (Å²) in [6.07, 6.45) is 7.71. The Bertz CT molecular complexity index is 2170. The van der Waals surface area contributed by atoms with E-state index in [1.165, 1.54) is 0 Å². The molecule has 1 heterocycles. The van der Waals surface area contributed by atoms with E-state index in [0.717, 1.165) is 11.1 Å². The van der Waals surface area contributed by atoms with Crippen molar-refractivity contribution in [3.8, 4) is 0 Å². The lowest BCUT2D eigenvalue weighted by atomic mass is 9.71. The van der Waals surface area contributed by atoms with Gasteiger partial charge in [-0.3, -0.25) is 9.59 Å². The molecule has 2 aromatic carbocycles. The highest BCUT2D eigenvalue weighted by Crippen LogP contribution is 2.44. The summed E-state index contributed by atoms with van der Waals surface area (Å²) < 4.78 is 0. The number of benzene rings is 2. The third-order valence-electron chi connectivity index (χ3n) is 9.99. The van der Waals surface area contributed by atoms with Gasteiger partial charge in [-0.05, 0) is 119 Å². The summed E-state index contributed by atoms with van der Waals surface area (Å²) in [5.74, 6) is 0.0211. The second-order valence-corrected chi connectivity index (χ2v) is 20.0. The van der Waals surface area contributed by atoms with Crippen LogP contribution in [0.25, 0.3) is 11.4 Å². The molecule has 0 fully saturated rings. The summed E-state index contributed by atoms with van der Waals surface area (Å²) in [4.78, 5) is 33.6. The predicted octanol–water partition coefficient (Wildman–Crippen LogP) is 15.1. The molecule has 0 radical (unpaired) electrons. The number of rotatable bonds is 6. The van der Waals surface area contributed by atoms with Crippen LogP contribution in [0.1, 0.15) is 106 Å². The molecule has 5 rings (SSSR count). The van der Waals surface area contributed by atoms with Crippen molar-refractivity contribution >= 4 is 57.5 Å². The minimum absolute atomic E-state index is 0.0105. The molecule has 0 saturated carbocycles. The molecule has 0 unspecified atom stereocenters. The molecule has 3 aromatic rings. The summed E-state index contributed by atoms with van der Waals surface area (Å²) in [5, 5.41) is 20.4. The van der Waals surface area contributed by atoms with Crippen molar-refractivity contribution in [3.63, 3.8) is 0 Å². The molecule has 2 aliphatic rings. The van der Waals surface area contributed by atoms with Gasteiger partial charge in [-0.25, -0.2) is 4.98 Å². The minimum Gasteiger partial charge on any atom is -0.289 e. The summed E-state index contributed by atoms with van der Waals surface area (Å²) in [6.45, 7) is 28.5. The Balaban J connectivity index is 1.93. The Morgan fingerprint density at radius 2 is 0.759 bits per heavy atom.